The third-order valence-electron chi connectivity index (χ3n) is 3.98. The summed E-state index contributed by atoms with van der Waals surface area (Å²) in [4.78, 5) is 0. The summed E-state index contributed by atoms with van der Waals surface area (Å²) in [6.45, 7) is 2.15. The van der Waals surface area contributed by atoms with Gasteiger partial charge in [0.1, 0.15) is 0 Å². The van der Waals surface area contributed by atoms with Crippen LogP contribution in [0, 0.1) is 0 Å². The van der Waals surface area contributed by atoms with E-state index in [1.807, 2.05) is 66.1 Å². The maximum absolute atomic E-state index is 11.1. The first-order chi connectivity index (χ1) is 11.5. The van der Waals surface area contributed by atoms with Crippen molar-refractivity contribution in [1.29, 1.82) is 0 Å². The van der Waals surface area contributed by atoms with Crippen molar-refractivity contribution in [3.05, 3.63) is 60.7 Å². The molecule has 0 aliphatic rings. The highest BCUT2D eigenvalue weighted by molar-refractivity contribution is 7.80. The van der Waals surface area contributed by atoms with Gasteiger partial charge in [-0.15, -0.1) is 0 Å². The van der Waals surface area contributed by atoms with Gasteiger partial charge in [0.2, 0.25) is 0 Å². The average Bonchev–Trinajstić information content (AvgIpc) is 2.92. The molecule has 0 amide bonds. The van der Waals surface area contributed by atoms with Crippen molar-refractivity contribution >= 4 is 21.3 Å². The molecule has 3 aromatic rings. The number of nitrogens with zero attached hydrogens (tertiary/aromatic N) is 1. The molecule has 0 aliphatic heterocycles. The van der Waals surface area contributed by atoms with E-state index < -0.39 is 16.5 Å². The summed E-state index contributed by atoms with van der Waals surface area (Å²) in [5, 5.41) is 1.07. The fourth-order valence-corrected chi connectivity index (χ4v) is 3.40. The van der Waals surface area contributed by atoms with Crippen LogP contribution >= 0.6 is 0 Å². The SMILES string of the molecule is CCC(Cn1c(-c2ccccc2)cc2ccccc21)OS(=O)(=O)O. The molecule has 0 saturated heterocycles. The van der Waals surface area contributed by atoms with Crippen LogP contribution in [-0.4, -0.2) is 23.6 Å². The van der Waals surface area contributed by atoms with Crippen LogP contribution in [0.4, 0.5) is 0 Å². The molecule has 0 fully saturated rings. The molecule has 3 rings (SSSR count). The standard InChI is InChI=1S/C18H19NO4S/c1-2-16(23-24(20,21)22)13-19-17-11-7-6-10-15(17)12-18(19)14-8-4-3-5-9-14/h3-12,16H,2,13H2,1H3,(H,20,21,22). The lowest BCUT2D eigenvalue weighted by Gasteiger charge is -2.18. The van der Waals surface area contributed by atoms with Crippen molar-refractivity contribution in [1.82, 2.24) is 4.57 Å². The van der Waals surface area contributed by atoms with E-state index in [-0.39, 0.29) is 0 Å². The van der Waals surface area contributed by atoms with Gasteiger partial charge in [0, 0.05) is 16.6 Å². The zero-order valence-electron chi connectivity index (χ0n) is 13.3. The van der Waals surface area contributed by atoms with E-state index in [2.05, 4.69) is 6.07 Å². The van der Waals surface area contributed by atoms with Gasteiger partial charge >= 0.3 is 10.4 Å². The molecule has 0 spiro atoms. The first kappa shape index (κ1) is 16.7. The first-order valence-corrected chi connectivity index (χ1v) is 9.14. The van der Waals surface area contributed by atoms with E-state index >= 15 is 0 Å². The monoisotopic (exact) mass is 345 g/mol. The molecule has 6 heteroatoms. The van der Waals surface area contributed by atoms with Gasteiger partial charge in [0.05, 0.1) is 12.6 Å². The van der Waals surface area contributed by atoms with E-state index in [4.69, 9.17) is 8.74 Å². The van der Waals surface area contributed by atoms with Gasteiger partial charge in [-0.3, -0.25) is 4.55 Å². The van der Waals surface area contributed by atoms with Gasteiger partial charge in [-0.2, -0.15) is 8.42 Å². The van der Waals surface area contributed by atoms with Crippen LogP contribution in [0.1, 0.15) is 13.3 Å². The second-order valence-corrected chi connectivity index (χ2v) is 6.67. The van der Waals surface area contributed by atoms with Crippen molar-refractivity contribution in [2.24, 2.45) is 0 Å². The molecule has 0 radical (unpaired) electrons. The summed E-state index contributed by atoms with van der Waals surface area (Å²) in [5.41, 5.74) is 3.01. The van der Waals surface area contributed by atoms with E-state index in [1.54, 1.807) is 0 Å². The Bertz CT molecular complexity index is 932. The minimum absolute atomic E-state index is 0.327. The number of hydrogen-bond donors (Lipinski definition) is 1. The molecular weight excluding hydrogens is 326 g/mol. The van der Waals surface area contributed by atoms with Crippen LogP contribution < -0.4 is 0 Å². The van der Waals surface area contributed by atoms with Crippen LogP contribution in [0.5, 0.6) is 0 Å². The molecule has 1 aromatic heterocycles. The third kappa shape index (κ3) is 3.67. The van der Waals surface area contributed by atoms with Gasteiger partial charge in [-0.1, -0.05) is 55.5 Å². The summed E-state index contributed by atoms with van der Waals surface area (Å²) < 4.78 is 38.0. The fraction of sp³-hybridized carbons (Fsp3) is 0.222. The van der Waals surface area contributed by atoms with Crippen molar-refractivity contribution in [2.45, 2.75) is 26.0 Å². The third-order valence-corrected chi connectivity index (χ3v) is 4.49. The summed E-state index contributed by atoms with van der Waals surface area (Å²) in [5.74, 6) is 0. The second kappa shape index (κ2) is 6.76. The quantitative estimate of drug-likeness (QED) is 0.688. The zero-order valence-corrected chi connectivity index (χ0v) is 14.1. The van der Waals surface area contributed by atoms with Crippen LogP contribution in [0.15, 0.2) is 60.7 Å². The van der Waals surface area contributed by atoms with Crippen molar-refractivity contribution < 1.29 is 17.2 Å². The molecule has 1 N–H and O–H groups in total. The van der Waals surface area contributed by atoms with Gasteiger partial charge < -0.3 is 4.57 Å². The Balaban J connectivity index is 2.08. The zero-order chi connectivity index (χ0) is 17.2. The second-order valence-electron chi connectivity index (χ2n) is 5.62. The Hall–Kier alpha value is -2.15. The molecule has 1 unspecified atom stereocenters. The summed E-state index contributed by atoms with van der Waals surface area (Å²) >= 11 is 0. The lowest BCUT2D eigenvalue weighted by atomic mass is 10.1. The molecule has 1 atom stereocenters. The average molecular weight is 345 g/mol. The van der Waals surface area contributed by atoms with Crippen LogP contribution in [0.3, 0.4) is 0 Å². The van der Waals surface area contributed by atoms with E-state index in [1.165, 1.54) is 0 Å². The van der Waals surface area contributed by atoms with E-state index in [9.17, 15) is 8.42 Å². The normalized spacial score (nSPS) is 13.2. The smallest absolute Gasteiger partial charge is 0.338 e. The first-order valence-electron chi connectivity index (χ1n) is 7.77. The van der Waals surface area contributed by atoms with Crippen molar-refractivity contribution in [3.63, 3.8) is 0 Å². The van der Waals surface area contributed by atoms with Crippen molar-refractivity contribution in [3.8, 4) is 11.3 Å². The number of benzene rings is 2. The predicted octanol–water partition coefficient (Wildman–Crippen LogP) is 3.91. The number of hydrogen-bond acceptors (Lipinski definition) is 3. The van der Waals surface area contributed by atoms with Crippen LogP contribution in [0.25, 0.3) is 22.2 Å². The lowest BCUT2D eigenvalue weighted by molar-refractivity contribution is 0.161. The van der Waals surface area contributed by atoms with Gasteiger partial charge in [-0.25, -0.2) is 4.18 Å². The highest BCUT2D eigenvalue weighted by Gasteiger charge is 2.19. The number of para-hydroxylation sites is 1. The molecule has 0 bridgehead atoms. The number of rotatable bonds is 6. The Morgan fingerprint density at radius 1 is 1.08 bits per heavy atom. The van der Waals surface area contributed by atoms with Crippen LogP contribution in [-0.2, 0) is 21.1 Å². The molecule has 24 heavy (non-hydrogen) atoms. The van der Waals surface area contributed by atoms with Gasteiger partial charge in [0.25, 0.3) is 0 Å². The van der Waals surface area contributed by atoms with E-state index in [0.717, 1.165) is 22.2 Å². The summed E-state index contributed by atoms with van der Waals surface area (Å²) in [6, 6.07) is 19.9. The summed E-state index contributed by atoms with van der Waals surface area (Å²) in [7, 11) is -4.48. The Kier molecular flexibility index (Phi) is 4.71. The lowest BCUT2D eigenvalue weighted by Crippen LogP contribution is -2.23. The number of aromatic nitrogens is 1. The maximum Gasteiger partial charge on any atom is 0.397 e. The van der Waals surface area contributed by atoms with Gasteiger partial charge in [-0.05, 0) is 24.1 Å². The molecule has 5 nitrogen and oxygen atoms in total. The highest BCUT2D eigenvalue weighted by atomic mass is 32.3. The molecule has 0 saturated carbocycles. The molecule has 0 aliphatic carbocycles. The molecule has 126 valence electrons. The molecule has 2 aromatic carbocycles. The van der Waals surface area contributed by atoms with Crippen molar-refractivity contribution in [2.75, 3.05) is 0 Å². The minimum atomic E-state index is -4.48. The topological polar surface area (TPSA) is 68.5 Å². The van der Waals surface area contributed by atoms with Crippen LogP contribution in [0.2, 0.25) is 0 Å². The van der Waals surface area contributed by atoms with E-state index in [0.29, 0.717) is 13.0 Å². The largest absolute Gasteiger partial charge is 0.397 e. The summed E-state index contributed by atoms with van der Waals surface area (Å²) in [6.07, 6.45) is -0.182. The minimum Gasteiger partial charge on any atom is -0.338 e. The maximum atomic E-state index is 11.1. The fourth-order valence-electron chi connectivity index (χ4n) is 2.86. The predicted molar refractivity (Wildman–Crippen MR) is 94.1 cm³/mol. The molecular formula is C18H19NO4S. The molecule has 1 heterocycles. The Labute approximate surface area is 141 Å². The Morgan fingerprint density at radius 3 is 2.42 bits per heavy atom. The Morgan fingerprint density at radius 2 is 1.75 bits per heavy atom. The number of fused-ring (bicyclic) bond motifs is 1. The van der Waals surface area contributed by atoms with Gasteiger partial charge in [0.15, 0.2) is 0 Å². The highest BCUT2D eigenvalue weighted by Crippen LogP contribution is 2.29.